The summed E-state index contributed by atoms with van der Waals surface area (Å²) in [6, 6.07) is 5.96. The third-order valence-corrected chi connectivity index (χ3v) is 12.1. The Hall–Kier alpha value is -1.92. The van der Waals surface area contributed by atoms with Gasteiger partial charge in [0.2, 0.25) is 0 Å². The van der Waals surface area contributed by atoms with Crippen LogP contribution in [0.3, 0.4) is 0 Å². The standard InChI is InChI=1S/C23H35NO4Si/c1-15(2)29(16(3)4,17(5)6)28-12-8-9-18-10-11-19-20(14-24-21(19)13-18)22(25)23(26)27-7/h10-11,13-17,24H,8-9,12H2,1-7H3. The normalized spacial score (nSPS) is 12.3. The van der Waals surface area contributed by atoms with Crippen molar-refractivity contribution in [2.24, 2.45) is 0 Å². The first-order valence-electron chi connectivity index (χ1n) is 10.5. The molecule has 1 heterocycles. The van der Waals surface area contributed by atoms with Gasteiger partial charge in [0.25, 0.3) is 5.78 Å². The minimum absolute atomic E-state index is 0.350. The van der Waals surface area contributed by atoms with Crippen LogP contribution in [-0.4, -0.2) is 38.8 Å². The molecule has 29 heavy (non-hydrogen) atoms. The van der Waals surface area contributed by atoms with Crippen molar-refractivity contribution in [3.63, 3.8) is 0 Å². The molecular weight excluding hydrogens is 382 g/mol. The molecule has 0 radical (unpaired) electrons. The fourth-order valence-electron chi connectivity index (χ4n) is 4.74. The molecule has 1 aromatic heterocycles. The first-order valence-corrected chi connectivity index (χ1v) is 12.7. The molecule has 1 N–H and O–H groups in total. The fraction of sp³-hybridized carbons (Fsp3) is 0.565. The molecule has 0 aliphatic carbocycles. The number of carbonyl (C=O) groups excluding carboxylic acids is 2. The summed E-state index contributed by atoms with van der Waals surface area (Å²) in [6.07, 6.45) is 3.44. The molecular formula is C23H35NO4Si. The largest absolute Gasteiger partial charge is 0.463 e. The van der Waals surface area contributed by atoms with Gasteiger partial charge in [-0.3, -0.25) is 4.79 Å². The highest BCUT2D eigenvalue weighted by Crippen LogP contribution is 2.42. The fourth-order valence-corrected chi connectivity index (χ4v) is 10.2. The van der Waals surface area contributed by atoms with E-state index >= 15 is 0 Å². The van der Waals surface area contributed by atoms with Crippen LogP contribution < -0.4 is 0 Å². The molecule has 0 unspecified atom stereocenters. The minimum atomic E-state index is -1.82. The second-order valence-electron chi connectivity index (χ2n) is 8.67. The molecule has 0 bridgehead atoms. The summed E-state index contributed by atoms with van der Waals surface area (Å²) < 4.78 is 11.2. The molecule has 0 atom stereocenters. The van der Waals surface area contributed by atoms with E-state index in [-0.39, 0.29) is 0 Å². The monoisotopic (exact) mass is 417 g/mol. The molecule has 6 heteroatoms. The number of nitrogens with one attached hydrogen (secondary N) is 1. The van der Waals surface area contributed by atoms with E-state index in [1.165, 1.54) is 12.7 Å². The summed E-state index contributed by atoms with van der Waals surface area (Å²) in [7, 11) is -0.608. The number of methoxy groups -OCH3 is 1. The highest BCUT2D eigenvalue weighted by molar-refractivity contribution is 6.77. The second kappa shape index (κ2) is 9.72. The van der Waals surface area contributed by atoms with E-state index in [1.807, 2.05) is 18.2 Å². The number of H-pyrrole nitrogens is 1. The molecule has 1 aromatic carbocycles. The van der Waals surface area contributed by atoms with Crippen molar-refractivity contribution in [2.75, 3.05) is 13.7 Å². The number of fused-ring (bicyclic) bond motifs is 1. The molecule has 2 aromatic rings. The van der Waals surface area contributed by atoms with Crippen molar-refractivity contribution in [1.82, 2.24) is 4.98 Å². The number of benzene rings is 1. The van der Waals surface area contributed by atoms with Crippen LogP contribution in [0.2, 0.25) is 16.6 Å². The summed E-state index contributed by atoms with van der Waals surface area (Å²) in [5.74, 6) is -1.47. The average Bonchev–Trinajstić information content (AvgIpc) is 3.09. The third-order valence-electron chi connectivity index (χ3n) is 6.03. The number of Topliss-reactive ketones (excluding diaryl/α,β-unsaturated/α-hetero) is 1. The lowest BCUT2D eigenvalue weighted by Crippen LogP contribution is -2.48. The SMILES string of the molecule is COC(=O)C(=O)c1c[nH]c2cc(CCCO[Si](C(C)C)(C(C)C)C(C)C)ccc12. The Kier molecular flexibility index (Phi) is 7.83. The maximum atomic E-state index is 12.1. The zero-order valence-electron chi connectivity index (χ0n) is 18.8. The molecule has 0 aliphatic heterocycles. The predicted octanol–water partition coefficient (Wildman–Crippen LogP) is 5.65. The molecule has 0 saturated carbocycles. The number of aryl methyl sites for hydroxylation is 1. The first kappa shape index (κ1) is 23.4. The summed E-state index contributed by atoms with van der Waals surface area (Å²) in [5, 5.41) is 0.742. The summed E-state index contributed by atoms with van der Waals surface area (Å²) >= 11 is 0. The molecule has 160 valence electrons. The summed E-state index contributed by atoms with van der Waals surface area (Å²) in [5.41, 5.74) is 4.15. The number of ether oxygens (including phenoxy) is 1. The van der Waals surface area contributed by atoms with Crippen LogP contribution in [0.4, 0.5) is 0 Å². The van der Waals surface area contributed by atoms with Crippen molar-refractivity contribution in [2.45, 2.75) is 71.0 Å². The highest BCUT2D eigenvalue weighted by Gasteiger charge is 2.44. The summed E-state index contributed by atoms with van der Waals surface area (Å²) in [4.78, 5) is 26.7. The van der Waals surface area contributed by atoms with E-state index in [1.54, 1.807) is 6.20 Å². The van der Waals surface area contributed by atoms with Gasteiger partial charge in [0.1, 0.15) is 0 Å². The lowest BCUT2D eigenvalue weighted by atomic mass is 10.0. The number of rotatable bonds is 10. The highest BCUT2D eigenvalue weighted by atomic mass is 28.4. The Balaban J connectivity index is 2.05. The molecule has 0 spiro atoms. The van der Waals surface area contributed by atoms with Crippen LogP contribution in [0.15, 0.2) is 24.4 Å². The van der Waals surface area contributed by atoms with Crippen molar-refractivity contribution in [1.29, 1.82) is 0 Å². The van der Waals surface area contributed by atoms with Crippen LogP contribution in [0, 0.1) is 0 Å². The van der Waals surface area contributed by atoms with Crippen LogP contribution in [0.25, 0.3) is 10.9 Å². The van der Waals surface area contributed by atoms with Gasteiger partial charge in [-0.15, -0.1) is 0 Å². The van der Waals surface area contributed by atoms with Gasteiger partial charge in [-0.2, -0.15) is 0 Å². The summed E-state index contributed by atoms with van der Waals surface area (Å²) in [6.45, 7) is 14.6. The maximum absolute atomic E-state index is 12.1. The number of aromatic amines is 1. The van der Waals surface area contributed by atoms with Crippen LogP contribution in [-0.2, 0) is 20.4 Å². The first-order chi connectivity index (χ1) is 13.6. The quantitative estimate of drug-likeness (QED) is 0.178. The smallest absolute Gasteiger partial charge is 0.379 e. The lowest BCUT2D eigenvalue weighted by molar-refractivity contribution is -0.135. The Morgan fingerprint density at radius 2 is 1.66 bits per heavy atom. The van der Waals surface area contributed by atoms with Gasteiger partial charge in [0.15, 0.2) is 8.32 Å². The van der Waals surface area contributed by atoms with Gasteiger partial charge < -0.3 is 14.1 Å². The third kappa shape index (κ3) is 4.81. The number of hydrogen-bond acceptors (Lipinski definition) is 4. The van der Waals surface area contributed by atoms with E-state index in [0.717, 1.165) is 30.4 Å². The Bertz CT molecular complexity index is 832. The lowest BCUT2D eigenvalue weighted by Gasteiger charge is -2.42. The van der Waals surface area contributed by atoms with Gasteiger partial charge in [-0.05, 0) is 41.1 Å². The van der Waals surface area contributed by atoms with Gasteiger partial charge in [0.05, 0.1) is 12.7 Å². The van der Waals surface area contributed by atoms with Crippen molar-refractivity contribution < 1.29 is 18.8 Å². The zero-order chi connectivity index (χ0) is 21.8. The number of esters is 1. The average molecular weight is 418 g/mol. The number of hydrogen-bond donors (Lipinski definition) is 1. The van der Waals surface area contributed by atoms with E-state index in [4.69, 9.17) is 4.43 Å². The minimum Gasteiger partial charge on any atom is -0.463 e. The molecule has 2 rings (SSSR count). The number of ketones is 1. The second-order valence-corrected chi connectivity index (χ2v) is 14.1. The Labute approximate surface area is 175 Å². The Morgan fingerprint density at radius 1 is 1.03 bits per heavy atom. The van der Waals surface area contributed by atoms with Crippen LogP contribution in [0.5, 0.6) is 0 Å². The van der Waals surface area contributed by atoms with E-state index in [0.29, 0.717) is 22.2 Å². The zero-order valence-corrected chi connectivity index (χ0v) is 19.8. The van der Waals surface area contributed by atoms with E-state index in [9.17, 15) is 9.59 Å². The molecule has 0 aliphatic rings. The van der Waals surface area contributed by atoms with Gasteiger partial charge >= 0.3 is 5.97 Å². The Morgan fingerprint density at radius 3 is 2.21 bits per heavy atom. The van der Waals surface area contributed by atoms with Crippen molar-refractivity contribution in [3.8, 4) is 0 Å². The molecule has 0 fully saturated rings. The van der Waals surface area contributed by atoms with Gasteiger partial charge in [-0.25, -0.2) is 4.79 Å². The molecule has 0 amide bonds. The van der Waals surface area contributed by atoms with Crippen molar-refractivity contribution >= 4 is 31.0 Å². The molecule has 0 saturated heterocycles. The van der Waals surface area contributed by atoms with Gasteiger partial charge in [-0.1, -0.05) is 53.7 Å². The van der Waals surface area contributed by atoms with Gasteiger partial charge in [0, 0.05) is 23.7 Å². The van der Waals surface area contributed by atoms with E-state index < -0.39 is 20.1 Å². The maximum Gasteiger partial charge on any atom is 0.379 e. The number of aromatic nitrogens is 1. The van der Waals surface area contributed by atoms with Crippen LogP contribution in [0.1, 0.15) is 63.9 Å². The van der Waals surface area contributed by atoms with Crippen molar-refractivity contribution in [3.05, 3.63) is 35.5 Å². The topological polar surface area (TPSA) is 68.4 Å². The number of carbonyl (C=O) groups is 2. The predicted molar refractivity (Wildman–Crippen MR) is 120 cm³/mol. The van der Waals surface area contributed by atoms with E-state index in [2.05, 4.69) is 51.3 Å². The van der Waals surface area contributed by atoms with Crippen LogP contribution >= 0.6 is 0 Å². The molecule has 5 nitrogen and oxygen atoms in total.